The zero-order chi connectivity index (χ0) is 13.9. The fourth-order valence-electron chi connectivity index (χ4n) is 1.38. The fourth-order valence-corrected chi connectivity index (χ4v) is 1.63. The second-order valence-corrected chi connectivity index (χ2v) is 3.93. The molecule has 8 heteroatoms. The molecule has 1 aromatic rings. The summed E-state index contributed by atoms with van der Waals surface area (Å²) in [6.45, 7) is -0.331. The van der Waals surface area contributed by atoms with Crippen molar-refractivity contribution in [3.8, 4) is 0 Å². The van der Waals surface area contributed by atoms with Crippen LogP contribution in [0, 0.1) is 10.1 Å². The van der Waals surface area contributed by atoms with Gasteiger partial charge < -0.3 is 10.6 Å². The Morgan fingerprint density at radius 1 is 1.50 bits per heavy atom. The van der Waals surface area contributed by atoms with Gasteiger partial charge in [-0.25, -0.2) is 0 Å². The fraction of sp³-hybridized carbons (Fsp3) is 0.200. The summed E-state index contributed by atoms with van der Waals surface area (Å²) in [6, 6.07) is 4.00. The van der Waals surface area contributed by atoms with Crippen molar-refractivity contribution in [3.63, 3.8) is 0 Å². The molecule has 0 saturated heterocycles. The second kappa shape index (κ2) is 5.46. The maximum atomic E-state index is 11.9. The van der Waals surface area contributed by atoms with Crippen molar-refractivity contribution < 1.29 is 14.5 Å². The van der Waals surface area contributed by atoms with Crippen LogP contribution in [-0.2, 0) is 4.79 Å². The van der Waals surface area contributed by atoms with Gasteiger partial charge in [0.15, 0.2) is 0 Å². The van der Waals surface area contributed by atoms with Gasteiger partial charge in [0.25, 0.3) is 5.91 Å². The Morgan fingerprint density at radius 2 is 2.11 bits per heavy atom. The Labute approximate surface area is 107 Å². The molecule has 0 bridgehead atoms. The van der Waals surface area contributed by atoms with Crippen LogP contribution < -0.4 is 5.73 Å². The smallest absolute Gasteiger partial charge is 0.300 e. The van der Waals surface area contributed by atoms with E-state index in [0.717, 1.165) is 4.90 Å². The van der Waals surface area contributed by atoms with Crippen molar-refractivity contribution in [2.45, 2.75) is 0 Å². The quantitative estimate of drug-likeness (QED) is 0.646. The van der Waals surface area contributed by atoms with Gasteiger partial charge in [-0.2, -0.15) is 0 Å². The highest BCUT2D eigenvalue weighted by Crippen LogP contribution is 2.28. The number of carbonyl (C=O) groups is 2. The van der Waals surface area contributed by atoms with Gasteiger partial charge in [0.1, 0.15) is 10.6 Å². The first-order valence-corrected chi connectivity index (χ1v) is 5.19. The van der Waals surface area contributed by atoms with Crippen LogP contribution in [0.5, 0.6) is 0 Å². The lowest BCUT2D eigenvalue weighted by Gasteiger charge is -2.15. The molecule has 0 heterocycles. The first-order valence-electron chi connectivity index (χ1n) is 4.81. The second-order valence-electron chi connectivity index (χ2n) is 3.52. The van der Waals surface area contributed by atoms with Crippen LogP contribution in [0.25, 0.3) is 0 Å². The zero-order valence-electron chi connectivity index (χ0n) is 9.42. The van der Waals surface area contributed by atoms with Crippen molar-refractivity contribution in [1.82, 2.24) is 4.90 Å². The third-order valence-corrected chi connectivity index (χ3v) is 2.44. The van der Waals surface area contributed by atoms with E-state index >= 15 is 0 Å². The summed E-state index contributed by atoms with van der Waals surface area (Å²) in [6.07, 6.45) is 0. The molecule has 0 aromatic heterocycles. The van der Waals surface area contributed by atoms with Crippen LogP contribution in [0.1, 0.15) is 10.4 Å². The summed E-state index contributed by atoms with van der Waals surface area (Å²) >= 11 is 5.67. The van der Waals surface area contributed by atoms with Crippen molar-refractivity contribution in [2.75, 3.05) is 13.6 Å². The summed E-state index contributed by atoms with van der Waals surface area (Å²) in [4.78, 5) is 33.7. The van der Waals surface area contributed by atoms with E-state index in [1.54, 1.807) is 0 Å². The highest BCUT2D eigenvalue weighted by atomic mass is 35.5. The highest BCUT2D eigenvalue weighted by Gasteiger charge is 2.26. The number of nitrogens with two attached hydrogens (primary N) is 1. The number of primary amides is 1. The Morgan fingerprint density at radius 3 is 2.61 bits per heavy atom. The van der Waals surface area contributed by atoms with Gasteiger partial charge >= 0.3 is 5.69 Å². The monoisotopic (exact) mass is 271 g/mol. The number of nitrogens with zero attached hydrogens (tertiary/aromatic N) is 2. The maximum Gasteiger partial charge on any atom is 0.300 e. The molecule has 18 heavy (non-hydrogen) atoms. The van der Waals surface area contributed by atoms with Crippen molar-refractivity contribution in [2.24, 2.45) is 5.73 Å². The standard InChI is InChI=1S/C10H10ClN3O4/c1-13(5-8(12)15)10(16)6-3-2-4-7(11)9(6)14(17)18/h2-4H,5H2,1H3,(H2,12,15). The van der Waals surface area contributed by atoms with E-state index in [2.05, 4.69) is 0 Å². The molecule has 0 aliphatic rings. The molecule has 96 valence electrons. The van der Waals surface area contributed by atoms with Crippen LogP contribution in [0.15, 0.2) is 18.2 Å². The molecule has 1 rings (SSSR count). The summed E-state index contributed by atoms with van der Waals surface area (Å²) < 4.78 is 0. The predicted octanol–water partition coefficient (Wildman–Crippen LogP) is 0.805. The van der Waals surface area contributed by atoms with Gasteiger partial charge in [-0.1, -0.05) is 17.7 Å². The molecule has 0 radical (unpaired) electrons. The number of rotatable bonds is 4. The van der Waals surface area contributed by atoms with Crippen LogP contribution in [0.2, 0.25) is 5.02 Å². The molecule has 0 aliphatic carbocycles. The van der Waals surface area contributed by atoms with E-state index in [4.69, 9.17) is 17.3 Å². The molecule has 0 saturated carbocycles. The van der Waals surface area contributed by atoms with Gasteiger partial charge in [0, 0.05) is 7.05 Å². The van der Waals surface area contributed by atoms with Gasteiger partial charge in [-0.3, -0.25) is 19.7 Å². The molecule has 2 N–H and O–H groups in total. The molecule has 0 atom stereocenters. The normalized spacial score (nSPS) is 9.89. The van der Waals surface area contributed by atoms with E-state index < -0.39 is 22.4 Å². The van der Waals surface area contributed by atoms with Crippen LogP contribution in [0.3, 0.4) is 0 Å². The Balaban J connectivity index is 3.17. The average Bonchev–Trinajstić information content (AvgIpc) is 2.26. The van der Waals surface area contributed by atoms with Crippen LogP contribution >= 0.6 is 11.6 Å². The van der Waals surface area contributed by atoms with E-state index in [-0.39, 0.29) is 17.1 Å². The molecule has 7 nitrogen and oxygen atoms in total. The minimum Gasteiger partial charge on any atom is -0.368 e. The Bertz CT molecular complexity index is 518. The third-order valence-electron chi connectivity index (χ3n) is 2.14. The van der Waals surface area contributed by atoms with Crippen LogP contribution in [-0.4, -0.2) is 35.2 Å². The summed E-state index contributed by atoms with van der Waals surface area (Å²) in [5.41, 5.74) is 4.27. The Hall–Kier alpha value is -2.15. The number of hydrogen-bond donors (Lipinski definition) is 1. The van der Waals surface area contributed by atoms with E-state index in [1.165, 1.54) is 25.2 Å². The van der Waals surface area contributed by atoms with E-state index in [9.17, 15) is 19.7 Å². The molecular formula is C10H10ClN3O4. The van der Waals surface area contributed by atoms with E-state index in [1.807, 2.05) is 0 Å². The topological polar surface area (TPSA) is 107 Å². The maximum absolute atomic E-state index is 11.9. The number of nitro benzene ring substituents is 1. The first-order chi connectivity index (χ1) is 8.34. The van der Waals surface area contributed by atoms with Gasteiger partial charge in [-0.15, -0.1) is 0 Å². The van der Waals surface area contributed by atoms with Crippen molar-refractivity contribution in [1.29, 1.82) is 0 Å². The van der Waals surface area contributed by atoms with Crippen molar-refractivity contribution in [3.05, 3.63) is 38.9 Å². The van der Waals surface area contributed by atoms with Gasteiger partial charge in [-0.05, 0) is 12.1 Å². The molecule has 0 aliphatic heterocycles. The number of amides is 2. The average molecular weight is 272 g/mol. The number of nitro groups is 1. The highest BCUT2D eigenvalue weighted by molar-refractivity contribution is 6.33. The first kappa shape index (κ1) is 13.9. The number of benzene rings is 1. The number of carbonyl (C=O) groups excluding carboxylic acids is 2. The summed E-state index contributed by atoms with van der Waals surface area (Å²) in [5.74, 6) is -1.40. The molecule has 2 amide bonds. The van der Waals surface area contributed by atoms with Crippen molar-refractivity contribution >= 4 is 29.1 Å². The molecular weight excluding hydrogens is 262 g/mol. The number of halogens is 1. The molecule has 1 aromatic carbocycles. The van der Waals surface area contributed by atoms with Crippen LogP contribution in [0.4, 0.5) is 5.69 Å². The minimum atomic E-state index is -0.742. The lowest BCUT2D eigenvalue weighted by Crippen LogP contribution is -2.35. The van der Waals surface area contributed by atoms with Gasteiger partial charge in [0.2, 0.25) is 5.91 Å². The number of para-hydroxylation sites is 1. The minimum absolute atomic E-state index is 0.140. The zero-order valence-corrected chi connectivity index (χ0v) is 10.2. The SMILES string of the molecule is CN(CC(N)=O)C(=O)c1cccc(Cl)c1[N+](=O)[O-]. The molecule has 0 spiro atoms. The lowest BCUT2D eigenvalue weighted by atomic mass is 10.1. The molecule has 0 fully saturated rings. The summed E-state index contributed by atoms with van der Waals surface area (Å²) in [5, 5.41) is 10.7. The summed E-state index contributed by atoms with van der Waals surface area (Å²) in [7, 11) is 1.32. The Kier molecular flexibility index (Phi) is 4.22. The predicted molar refractivity (Wildman–Crippen MR) is 64.3 cm³/mol. The number of likely N-dealkylation sites (N-methyl/N-ethyl adjacent to an activating group) is 1. The van der Waals surface area contributed by atoms with Gasteiger partial charge in [0.05, 0.1) is 11.5 Å². The van der Waals surface area contributed by atoms with E-state index in [0.29, 0.717) is 0 Å². The lowest BCUT2D eigenvalue weighted by molar-refractivity contribution is -0.385. The number of hydrogen-bond acceptors (Lipinski definition) is 4. The molecule has 0 unspecified atom stereocenters. The third kappa shape index (κ3) is 2.95. The largest absolute Gasteiger partial charge is 0.368 e.